The van der Waals surface area contributed by atoms with Gasteiger partial charge in [-0.15, -0.1) is 0 Å². The number of aryl methyl sites for hydroxylation is 3. The van der Waals surface area contributed by atoms with Crippen LogP contribution in [-0.2, 0) is 24.6 Å². The summed E-state index contributed by atoms with van der Waals surface area (Å²) in [4.78, 5) is 17.7. The van der Waals surface area contributed by atoms with Gasteiger partial charge in [0.25, 0.3) is 5.91 Å². The molecule has 0 aromatic carbocycles. The van der Waals surface area contributed by atoms with Gasteiger partial charge in [-0.25, -0.2) is 4.98 Å². The van der Waals surface area contributed by atoms with E-state index in [1.165, 1.54) is 0 Å². The van der Waals surface area contributed by atoms with Gasteiger partial charge in [0.15, 0.2) is 5.65 Å². The highest BCUT2D eigenvalue weighted by Gasteiger charge is 2.27. The van der Waals surface area contributed by atoms with Crippen molar-refractivity contribution in [1.82, 2.24) is 20.1 Å². The van der Waals surface area contributed by atoms with Gasteiger partial charge in [0.2, 0.25) is 0 Å². The molecule has 4 rings (SSSR count). The van der Waals surface area contributed by atoms with Crippen LogP contribution in [-0.4, -0.2) is 39.9 Å². The molecule has 23 heavy (non-hydrogen) atoms. The van der Waals surface area contributed by atoms with Gasteiger partial charge in [-0.05, 0) is 44.6 Å². The molecule has 1 unspecified atom stereocenters. The molecule has 1 N–H and O–H groups in total. The molecule has 122 valence electrons. The standard InChI is InChI=1S/C17H22N4O2/c1-10-14-15(17(22)18-9-11-5-4-8-23-11)12-6-3-7-13(12)19-16(14)21(2)20-10/h11H,3-9H2,1-2H3,(H,18,22). The third kappa shape index (κ3) is 2.41. The Hall–Kier alpha value is -1.95. The third-order valence-electron chi connectivity index (χ3n) is 4.91. The summed E-state index contributed by atoms with van der Waals surface area (Å²) in [6.45, 7) is 3.33. The first-order chi connectivity index (χ1) is 11.1. The molecule has 1 amide bonds. The first-order valence-corrected chi connectivity index (χ1v) is 8.40. The summed E-state index contributed by atoms with van der Waals surface area (Å²) in [6.07, 6.45) is 5.19. The first-order valence-electron chi connectivity index (χ1n) is 8.40. The van der Waals surface area contributed by atoms with Crippen LogP contribution in [0.15, 0.2) is 0 Å². The van der Waals surface area contributed by atoms with Crippen molar-refractivity contribution in [1.29, 1.82) is 0 Å². The lowest BCUT2D eigenvalue weighted by Gasteiger charge is -2.14. The summed E-state index contributed by atoms with van der Waals surface area (Å²) in [6, 6.07) is 0. The number of carbonyl (C=O) groups is 1. The molecule has 6 nitrogen and oxygen atoms in total. The maximum absolute atomic E-state index is 12.9. The Morgan fingerprint density at radius 3 is 3.04 bits per heavy atom. The van der Waals surface area contributed by atoms with Crippen LogP contribution < -0.4 is 5.32 Å². The van der Waals surface area contributed by atoms with Crippen molar-refractivity contribution in [3.05, 3.63) is 22.5 Å². The molecule has 2 aromatic heterocycles. The van der Waals surface area contributed by atoms with E-state index in [0.29, 0.717) is 6.54 Å². The smallest absolute Gasteiger partial charge is 0.252 e. The molecule has 0 bridgehead atoms. The van der Waals surface area contributed by atoms with E-state index in [-0.39, 0.29) is 12.0 Å². The second-order valence-electron chi connectivity index (χ2n) is 6.52. The zero-order valence-corrected chi connectivity index (χ0v) is 13.7. The number of pyridine rings is 1. The summed E-state index contributed by atoms with van der Waals surface area (Å²) >= 11 is 0. The van der Waals surface area contributed by atoms with Gasteiger partial charge in [0, 0.05) is 25.9 Å². The Labute approximate surface area is 135 Å². The lowest BCUT2D eigenvalue weighted by Crippen LogP contribution is -2.32. The molecule has 1 aliphatic carbocycles. The minimum Gasteiger partial charge on any atom is -0.376 e. The monoisotopic (exact) mass is 314 g/mol. The number of nitrogens with one attached hydrogen (secondary N) is 1. The molecule has 0 saturated carbocycles. The van der Waals surface area contributed by atoms with Crippen molar-refractivity contribution in [2.24, 2.45) is 7.05 Å². The molecule has 0 spiro atoms. The summed E-state index contributed by atoms with van der Waals surface area (Å²) in [5, 5.41) is 8.43. The van der Waals surface area contributed by atoms with Crippen LogP contribution in [0.1, 0.15) is 46.6 Å². The van der Waals surface area contributed by atoms with E-state index in [9.17, 15) is 4.79 Å². The number of amides is 1. The predicted molar refractivity (Wildman–Crippen MR) is 86.6 cm³/mol. The van der Waals surface area contributed by atoms with Crippen LogP contribution in [0.3, 0.4) is 0 Å². The summed E-state index contributed by atoms with van der Waals surface area (Å²) in [5.41, 5.74) is 4.63. The number of carbonyl (C=O) groups excluding carboxylic acids is 1. The average molecular weight is 314 g/mol. The van der Waals surface area contributed by atoms with Gasteiger partial charge in [0.1, 0.15) is 0 Å². The molecule has 1 aliphatic heterocycles. The largest absolute Gasteiger partial charge is 0.376 e. The molecule has 1 fully saturated rings. The van der Waals surface area contributed by atoms with Crippen molar-refractivity contribution in [2.45, 2.75) is 45.1 Å². The Morgan fingerprint density at radius 2 is 2.26 bits per heavy atom. The fourth-order valence-corrected chi connectivity index (χ4v) is 3.82. The van der Waals surface area contributed by atoms with Crippen molar-refractivity contribution in [3.63, 3.8) is 0 Å². The number of hydrogen-bond acceptors (Lipinski definition) is 4. The number of hydrogen-bond donors (Lipinski definition) is 1. The summed E-state index contributed by atoms with van der Waals surface area (Å²) in [5.74, 6) is -0.0119. The summed E-state index contributed by atoms with van der Waals surface area (Å²) in [7, 11) is 1.89. The third-order valence-corrected chi connectivity index (χ3v) is 4.91. The molecule has 1 atom stereocenters. The van der Waals surface area contributed by atoms with Crippen LogP contribution in [0.2, 0.25) is 0 Å². The average Bonchev–Trinajstić information content (AvgIpc) is 3.25. The van der Waals surface area contributed by atoms with E-state index >= 15 is 0 Å². The highest BCUT2D eigenvalue weighted by Crippen LogP contribution is 2.31. The molecule has 2 aromatic rings. The van der Waals surface area contributed by atoms with Crippen LogP contribution in [0, 0.1) is 6.92 Å². The van der Waals surface area contributed by atoms with Crippen LogP contribution >= 0.6 is 0 Å². The van der Waals surface area contributed by atoms with Gasteiger partial charge in [-0.2, -0.15) is 5.10 Å². The summed E-state index contributed by atoms with van der Waals surface area (Å²) < 4.78 is 7.38. The maximum atomic E-state index is 12.9. The highest BCUT2D eigenvalue weighted by atomic mass is 16.5. The van der Waals surface area contributed by atoms with Crippen molar-refractivity contribution in [3.8, 4) is 0 Å². The zero-order chi connectivity index (χ0) is 16.0. The van der Waals surface area contributed by atoms with Crippen molar-refractivity contribution >= 4 is 16.9 Å². The number of aromatic nitrogens is 3. The second-order valence-corrected chi connectivity index (χ2v) is 6.52. The molecule has 3 heterocycles. The van der Waals surface area contributed by atoms with Gasteiger partial charge >= 0.3 is 0 Å². The van der Waals surface area contributed by atoms with E-state index in [1.54, 1.807) is 4.68 Å². The van der Waals surface area contributed by atoms with E-state index < -0.39 is 0 Å². The SMILES string of the molecule is Cc1nn(C)c2nc3c(c(C(=O)NCC4CCCO4)c12)CCC3. The fraction of sp³-hybridized carbons (Fsp3) is 0.588. The van der Waals surface area contributed by atoms with Crippen molar-refractivity contribution in [2.75, 3.05) is 13.2 Å². The topological polar surface area (TPSA) is 69.0 Å². The van der Waals surface area contributed by atoms with Gasteiger partial charge in [0.05, 0.1) is 22.7 Å². The normalized spacial score (nSPS) is 20.2. The fourth-order valence-electron chi connectivity index (χ4n) is 3.82. The molecule has 6 heteroatoms. The highest BCUT2D eigenvalue weighted by molar-refractivity contribution is 6.08. The Bertz CT molecular complexity index is 775. The van der Waals surface area contributed by atoms with Crippen LogP contribution in [0.25, 0.3) is 11.0 Å². The molecular weight excluding hydrogens is 292 g/mol. The predicted octanol–water partition coefficient (Wildman–Crippen LogP) is 1.67. The second kappa shape index (κ2) is 5.60. The lowest BCUT2D eigenvalue weighted by molar-refractivity contribution is 0.0858. The number of ether oxygens (including phenoxy) is 1. The lowest BCUT2D eigenvalue weighted by atomic mass is 10.0. The maximum Gasteiger partial charge on any atom is 0.252 e. The van der Waals surface area contributed by atoms with Gasteiger partial charge in [-0.3, -0.25) is 9.48 Å². The molecule has 1 saturated heterocycles. The van der Waals surface area contributed by atoms with E-state index in [4.69, 9.17) is 9.72 Å². The van der Waals surface area contributed by atoms with E-state index in [2.05, 4.69) is 10.4 Å². The van der Waals surface area contributed by atoms with Crippen molar-refractivity contribution < 1.29 is 9.53 Å². The quantitative estimate of drug-likeness (QED) is 0.936. The molecular formula is C17H22N4O2. The van der Waals surface area contributed by atoms with Crippen LogP contribution in [0.4, 0.5) is 0 Å². The minimum absolute atomic E-state index is 0.0119. The van der Waals surface area contributed by atoms with E-state index in [0.717, 1.165) is 72.3 Å². The Morgan fingerprint density at radius 1 is 1.39 bits per heavy atom. The molecule has 2 aliphatic rings. The van der Waals surface area contributed by atoms with E-state index in [1.807, 2.05) is 14.0 Å². The Balaban J connectivity index is 1.73. The van der Waals surface area contributed by atoms with Gasteiger partial charge < -0.3 is 10.1 Å². The van der Waals surface area contributed by atoms with Gasteiger partial charge in [-0.1, -0.05) is 0 Å². The minimum atomic E-state index is -0.0119. The first kappa shape index (κ1) is 14.6. The number of nitrogens with zero attached hydrogens (tertiary/aromatic N) is 3. The van der Waals surface area contributed by atoms with Crippen LogP contribution in [0.5, 0.6) is 0 Å². The number of fused-ring (bicyclic) bond motifs is 2. The number of rotatable bonds is 3. The molecule has 0 radical (unpaired) electrons. The Kier molecular flexibility index (Phi) is 3.56. The zero-order valence-electron chi connectivity index (χ0n) is 13.7.